The van der Waals surface area contributed by atoms with E-state index >= 15 is 0 Å². The number of amides is 1. The SMILES string of the molecule is O=C(CCc1ccccc1)N1CCCC1c1nccs1. The van der Waals surface area contributed by atoms with E-state index < -0.39 is 0 Å². The van der Waals surface area contributed by atoms with Crippen LogP contribution in [0.1, 0.15) is 35.9 Å². The molecule has 2 heterocycles. The lowest BCUT2D eigenvalue weighted by Crippen LogP contribution is -2.30. The lowest BCUT2D eigenvalue weighted by molar-refractivity contribution is -0.132. The number of aromatic nitrogens is 1. The molecule has 1 aliphatic heterocycles. The van der Waals surface area contributed by atoms with Crippen LogP contribution in [-0.2, 0) is 11.2 Å². The zero-order chi connectivity index (χ0) is 13.8. The number of hydrogen-bond donors (Lipinski definition) is 0. The van der Waals surface area contributed by atoms with Crippen molar-refractivity contribution in [2.75, 3.05) is 6.54 Å². The summed E-state index contributed by atoms with van der Waals surface area (Å²) in [6.45, 7) is 0.873. The lowest BCUT2D eigenvalue weighted by atomic mass is 10.1. The van der Waals surface area contributed by atoms with Gasteiger partial charge in [-0.05, 0) is 24.8 Å². The van der Waals surface area contributed by atoms with Gasteiger partial charge in [-0.1, -0.05) is 30.3 Å². The van der Waals surface area contributed by atoms with Crippen LogP contribution in [0.3, 0.4) is 0 Å². The number of carbonyl (C=O) groups excluding carboxylic acids is 1. The van der Waals surface area contributed by atoms with Crippen molar-refractivity contribution in [2.24, 2.45) is 0 Å². The van der Waals surface area contributed by atoms with Crippen molar-refractivity contribution < 1.29 is 4.79 Å². The molecule has 1 aromatic heterocycles. The van der Waals surface area contributed by atoms with Gasteiger partial charge in [-0.3, -0.25) is 4.79 Å². The van der Waals surface area contributed by atoms with Crippen LogP contribution in [0, 0.1) is 0 Å². The van der Waals surface area contributed by atoms with Gasteiger partial charge in [0.05, 0.1) is 6.04 Å². The third-order valence-electron chi connectivity index (χ3n) is 3.78. The third-order valence-corrected chi connectivity index (χ3v) is 4.66. The standard InChI is InChI=1S/C16H18N2OS/c19-15(9-8-13-5-2-1-3-6-13)18-11-4-7-14(18)16-17-10-12-20-16/h1-3,5-6,10,12,14H,4,7-9,11H2. The van der Waals surface area contributed by atoms with Gasteiger partial charge in [-0.15, -0.1) is 11.3 Å². The average molecular weight is 286 g/mol. The van der Waals surface area contributed by atoms with Crippen LogP contribution in [0.5, 0.6) is 0 Å². The van der Waals surface area contributed by atoms with Gasteiger partial charge in [0.25, 0.3) is 0 Å². The van der Waals surface area contributed by atoms with Crippen molar-refractivity contribution in [2.45, 2.75) is 31.7 Å². The molecule has 1 fully saturated rings. The summed E-state index contributed by atoms with van der Waals surface area (Å²) in [4.78, 5) is 18.8. The molecule has 2 aromatic rings. The number of rotatable bonds is 4. The van der Waals surface area contributed by atoms with E-state index in [4.69, 9.17) is 0 Å². The molecule has 0 bridgehead atoms. The Hall–Kier alpha value is -1.68. The van der Waals surface area contributed by atoms with Crippen LogP contribution < -0.4 is 0 Å². The Kier molecular flexibility index (Phi) is 4.11. The number of aryl methyl sites for hydroxylation is 1. The molecule has 1 aliphatic rings. The zero-order valence-electron chi connectivity index (χ0n) is 11.4. The number of benzene rings is 1. The Morgan fingerprint density at radius 1 is 1.35 bits per heavy atom. The molecular formula is C16H18N2OS. The van der Waals surface area contributed by atoms with Gasteiger partial charge in [0.2, 0.25) is 5.91 Å². The van der Waals surface area contributed by atoms with Crippen molar-refractivity contribution >= 4 is 17.2 Å². The van der Waals surface area contributed by atoms with E-state index in [0.29, 0.717) is 6.42 Å². The predicted octanol–water partition coefficient (Wildman–Crippen LogP) is 3.44. The summed E-state index contributed by atoms with van der Waals surface area (Å²) < 4.78 is 0. The maximum absolute atomic E-state index is 12.4. The topological polar surface area (TPSA) is 33.2 Å². The Bertz CT molecular complexity index is 553. The fourth-order valence-electron chi connectivity index (χ4n) is 2.76. The number of carbonyl (C=O) groups is 1. The molecule has 1 aromatic carbocycles. The summed E-state index contributed by atoms with van der Waals surface area (Å²) >= 11 is 1.65. The Morgan fingerprint density at radius 3 is 2.95 bits per heavy atom. The molecular weight excluding hydrogens is 268 g/mol. The van der Waals surface area contributed by atoms with E-state index in [0.717, 1.165) is 30.8 Å². The Morgan fingerprint density at radius 2 is 2.20 bits per heavy atom. The van der Waals surface area contributed by atoms with Crippen LogP contribution in [0.4, 0.5) is 0 Å². The van der Waals surface area contributed by atoms with Gasteiger partial charge in [0.15, 0.2) is 0 Å². The molecule has 0 spiro atoms. The molecule has 20 heavy (non-hydrogen) atoms. The summed E-state index contributed by atoms with van der Waals surface area (Å²) in [7, 11) is 0. The van der Waals surface area contributed by atoms with Crippen molar-refractivity contribution in [3.8, 4) is 0 Å². The highest BCUT2D eigenvalue weighted by Crippen LogP contribution is 2.33. The fourth-order valence-corrected chi connectivity index (χ4v) is 3.55. The van der Waals surface area contributed by atoms with Gasteiger partial charge in [0, 0.05) is 24.5 Å². The third kappa shape index (κ3) is 2.90. The van der Waals surface area contributed by atoms with Crippen LogP contribution in [0.15, 0.2) is 41.9 Å². The molecule has 0 saturated carbocycles. The minimum Gasteiger partial charge on any atom is -0.333 e. The van der Waals surface area contributed by atoms with Crippen LogP contribution in [0.25, 0.3) is 0 Å². The molecule has 3 rings (SSSR count). The number of hydrogen-bond acceptors (Lipinski definition) is 3. The average Bonchev–Trinajstić information content (AvgIpc) is 3.15. The summed E-state index contributed by atoms with van der Waals surface area (Å²) in [6, 6.07) is 10.4. The second kappa shape index (κ2) is 6.18. The molecule has 104 valence electrons. The van der Waals surface area contributed by atoms with E-state index in [-0.39, 0.29) is 11.9 Å². The zero-order valence-corrected chi connectivity index (χ0v) is 12.2. The van der Waals surface area contributed by atoms with Gasteiger partial charge in [-0.25, -0.2) is 4.98 Å². The minimum absolute atomic E-state index is 0.207. The first-order valence-corrected chi connectivity index (χ1v) is 7.95. The van der Waals surface area contributed by atoms with Gasteiger partial charge in [0.1, 0.15) is 5.01 Å². The highest BCUT2D eigenvalue weighted by Gasteiger charge is 2.30. The molecule has 4 heteroatoms. The second-order valence-electron chi connectivity index (χ2n) is 5.10. The van der Waals surface area contributed by atoms with Crippen molar-refractivity contribution in [3.05, 3.63) is 52.5 Å². The molecule has 0 aliphatic carbocycles. The van der Waals surface area contributed by atoms with Crippen molar-refractivity contribution in [1.82, 2.24) is 9.88 Å². The van der Waals surface area contributed by atoms with E-state index in [1.54, 1.807) is 11.3 Å². The maximum Gasteiger partial charge on any atom is 0.223 e. The lowest BCUT2D eigenvalue weighted by Gasteiger charge is -2.23. The quantitative estimate of drug-likeness (QED) is 0.862. The van der Waals surface area contributed by atoms with Crippen LogP contribution >= 0.6 is 11.3 Å². The van der Waals surface area contributed by atoms with E-state index in [1.165, 1.54) is 5.56 Å². The predicted molar refractivity (Wildman–Crippen MR) is 80.6 cm³/mol. The van der Waals surface area contributed by atoms with E-state index in [9.17, 15) is 4.79 Å². The minimum atomic E-state index is 0.207. The summed E-state index contributed by atoms with van der Waals surface area (Å²) in [5.74, 6) is 0.256. The number of likely N-dealkylation sites (tertiary alicyclic amines) is 1. The van der Waals surface area contributed by atoms with E-state index in [2.05, 4.69) is 17.1 Å². The normalized spacial score (nSPS) is 18.4. The Balaban J connectivity index is 1.62. The Labute approximate surface area is 123 Å². The first kappa shape index (κ1) is 13.3. The number of thiazole rings is 1. The molecule has 0 N–H and O–H groups in total. The van der Waals surface area contributed by atoms with Gasteiger partial charge < -0.3 is 4.90 Å². The molecule has 1 atom stereocenters. The summed E-state index contributed by atoms with van der Waals surface area (Å²) in [6.07, 6.45) is 5.36. The van der Waals surface area contributed by atoms with Gasteiger partial charge in [-0.2, -0.15) is 0 Å². The van der Waals surface area contributed by atoms with Crippen LogP contribution in [0.2, 0.25) is 0 Å². The molecule has 1 saturated heterocycles. The summed E-state index contributed by atoms with van der Waals surface area (Å²) in [5.41, 5.74) is 1.23. The largest absolute Gasteiger partial charge is 0.333 e. The monoisotopic (exact) mass is 286 g/mol. The number of nitrogens with zero attached hydrogens (tertiary/aromatic N) is 2. The van der Waals surface area contributed by atoms with Crippen molar-refractivity contribution in [1.29, 1.82) is 0 Å². The highest BCUT2D eigenvalue weighted by molar-refractivity contribution is 7.09. The molecule has 1 unspecified atom stereocenters. The molecule has 1 amide bonds. The van der Waals surface area contributed by atoms with Gasteiger partial charge >= 0.3 is 0 Å². The first-order chi connectivity index (χ1) is 9.84. The molecule has 3 nitrogen and oxygen atoms in total. The second-order valence-corrected chi connectivity index (χ2v) is 6.03. The van der Waals surface area contributed by atoms with E-state index in [1.807, 2.05) is 34.7 Å². The smallest absolute Gasteiger partial charge is 0.223 e. The molecule has 0 radical (unpaired) electrons. The first-order valence-electron chi connectivity index (χ1n) is 7.07. The summed E-state index contributed by atoms with van der Waals surface area (Å²) in [5, 5.41) is 3.07. The maximum atomic E-state index is 12.4. The fraction of sp³-hybridized carbons (Fsp3) is 0.375. The van der Waals surface area contributed by atoms with Crippen molar-refractivity contribution in [3.63, 3.8) is 0 Å². The van der Waals surface area contributed by atoms with Crippen LogP contribution in [-0.4, -0.2) is 22.3 Å². The highest BCUT2D eigenvalue weighted by atomic mass is 32.1.